The van der Waals surface area contributed by atoms with Crippen LogP contribution >= 0.6 is 0 Å². The fourth-order valence-electron chi connectivity index (χ4n) is 4.49. The lowest BCUT2D eigenvalue weighted by atomic mass is 9.61. The number of hydrogen-bond donors (Lipinski definition) is 0. The molecule has 2 aliphatic heterocycles. The molecule has 1 atom stereocenters. The number of carbonyl (C=O) groups excluding carboxylic acids is 1. The molecule has 3 fully saturated rings. The maximum atomic E-state index is 13.9. The van der Waals surface area contributed by atoms with Crippen molar-refractivity contribution in [3.8, 4) is 0 Å². The van der Waals surface area contributed by atoms with E-state index in [-0.39, 0.29) is 28.3 Å². The van der Waals surface area contributed by atoms with Crippen LogP contribution in [0.2, 0.25) is 0 Å². The Morgan fingerprint density at radius 3 is 2.62 bits per heavy atom. The molecule has 26 heavy (non-hydrogen) atoms. The zero-order chi connectivity index (χ0) is 18.5. The number of amides is 1. The molecule has 1 aliphatic carbocycles. The summed E-state index contributed by atoms with van der Waals surface area (Å²) in [6.45, 7) is 3.79. The van der Waals surface area contributed by atoms with E-state index in [4.69, 9.17) is 4.74 Å². The van der Waals surface area contributed by atoms with Crippen molar-refractivity contribution < 1.29 is 22.3 Å². The van der Waals surface area contributed by atoms with Crippen molar-refractivity contribution in [1.82, 2.24) is 9.21 Å². The second kappa shape index (κ2) is 6.28. The van der Waals surface area contributed by atoms with Gasteiger partial charge in [-0.05, 0) is 31.9 Å². The molecule has 4 rings (SSSR count). The third-order valence-electron chi connectivity index (χ3n) is 5.79. The first kappa shape index (κ1) is 17.9. The Bertz CT molecular complexity index is 814. The van der Waals surface area contributed by atoms with Gasteiger partial charge in [-0.25, -0.2) is 12.8 Å². The SMILES string of the molecule is C[C@@H]1COCCC(=O)N1C1CC2(C1)CN(S(=O)(=O)c1ccccc1F)C2. The number of sulfonamides is 1. The highest BCUT2D eigenvalue weighted by Crippen LogP contribution is 2.52. The molecular weight excluding hydrogens is 359 g/mol. The lowest BCUT2D eigenvalue weighted by molar-refractivity contribution is -0.146. The highest BCUT2D eigenvalue weighted by molar-refractivity contribution is 7.89. The van der Waals surface area contributed by atoms with Crippen LogP contribution in [0, 0.1) is 11.2 Å². The predicted octanol–water partition coefficient (Wildman–Crippen LogP) is 1.62. The molecule has 142 valence electrons. The minimum Gasteiger partial charge on any atom is -0.379 e. The highest BCUT2D eigenvalue weighted by Gasteiger charge is 2.58. The molecule has 1 spiro atoms. The summed E-state index contributed by atoms with van der Waals surface area (Å²) in [5.74, 6) is -0.603. The first-order chi connectivity index (χ1) is 12.3. The van der Waals surface area contributed by atoms with Gasteiger partial charge in [-0.15, -0.1) is 0 Å². The minimum atomic E-state index is -3.79. The summed E-state index contributed by atoms with van der Waals surface area (Å²) in [7, 11) is -3.79. The molecule has 0 unspecified atom stereocenters. The van der Waals surface area contributed by atoms with E-state index in [1.54, 1.807) is 0 Å². The largest absolute Gasteiger partial charge is 0.379 e. The Kier molecular flexibility index (Phi) is 4.32. The second-order valence-corrected chi connectivity index (χ2v) is 9.65. The van der Waals surface area contributed by atoms with E-state index >= 15 is 0 Å². The lowest BCUT2D eigenvalue weighted by Crippen LogP contribution is -2.68. The molecule has 1 aromatic rings. The molecule has 6 nitrogen and oxygen atoms in total. The normalized spacial score (nSPS) is 27.1. The summed E-state index contributed by atoms with van der Waals surface area (Å²) >= 11 is 0. The van der Waals surface area contributed by atoms with Crippen LogP contribution in [0.4, 0.5) is 4.39 Å². The molecule has 8 heteroatoms. The fourth-order valence-corrected chi connectivity index (χ4v) is 6.22. The Morgan fingerprint density at radius 2 is 1.92 bits per heavy atom. The van der Waals surface area contributed by atoms with Crippen molar-refractivity contribution in [2.45, 2.75) is 43.2 Å². The van der Waals surface area contributed by atoms with E-state index in [9.17, 15) is 17.6 Å². The zero-order valence-electron chi connectivity index (χ0n) is 14.7. The summed E-state index contributed by atoms with van der Waals surface area (Å²) in [6, 6.07) is 5.67. The van der Waals surface area contributed by atoms with Gasteiger partial charge in [-0.1, -0.05) is 12.1 Å². The maximum absolute atomic E-state index is 13.9. The third kappa shape index (κ3) is 2.84. The molecule has 0 bridgehead atoms. The van der Waals surface area contributed by atoms with Crippen molar-refractivity contribution in [2.24, 2.45) is 5.41 Å². The molecule has 0 radical (unpaired) electrons. The van der Waals surface area contributed by atoms with E-state index in [0.29, 0.717) is 32.7 Å². The number of benzene rings is 1. The van der Waals surface area contributed by atoms with Gasteiger partial charge in [0.15, 0.2) is 0 Å². The minimum absolute atomic E-state index is 0.0469. The van der Waals surface area contributed by atoms with E-state index < -0.39 is 15.8 Å². The number of rotatable bonds is 3. The van der Waals surface area contributed by atoms with E-state index in [1.165, 1.54) is 22.5 Å². The number of hydrogen-bond acceptors (Lipinski definition) is 4. The molecule has 1 saturated carbocycles. The number of carbonyl (C=O) groups is 1. The van der Waals surface area contributed by atoms with Gasteiger partial charge in [0.1, 0.15) is 10.7 Å². The van der Waals surface area contributed by atoms with Crippen LogP contribution in [0.3, 0.4) is 0 Å². The molecule has 1 aromatic carbocycles. The predicted molar refractivity (Wildman–Crippen MR) is 92.4 cm³/mol. The molecule has 0 aromatic heterocycles. The van der Waals surface area contributed by atoms with Crippen molar-refractivity contribution in [3.05, 3.63) is 30.1 Å². The fraction of sp³-hybridized carbons (Fsp3) is 0.611. The van der Waals surface area contributed by atoms with Gasteiger partial charge in [0.05, 0.1) is 25.7 Å². The maximum Gasteiger partial charge on any atom is 0.246 e. The van der Waals surface area contributed by atoms with Crippen molar-refractivity contribution in [3.63, 3.8) is 0 Å². The molecule has 3 aliphatic rings. The third-order valence-corrected chi connectivity index (χ3v) is 7.62. The van der Waals surface area contributed by atoms with Crippen LogP contribution in [-0.2, 0) is 19.6 Å². The smallest absolute Gasteiger partial charge is 0.246 e. The van der Waals surface area contributed by atoms with E-state index in [1.807, 2.05) is 11.8 Å². The molecular formula is C18H23FN2O4S. The number of ether oxygens (including phenoxy) is 1. The zero-order valence-corrected chi connectivity index (χ0v) is 15.5. The summed E-state index contributed by atoms with van der Waals surface area (Å²) < 4.78 is 45.9. The van der Waals surface area contributed by atoms with Crippen LogP contribution in [-0.4, -0.2) is 61.9 Å². The van der Waals surface area contributed by atoms with Crippen LogP contribution in [0.5, 0.6) is 0 Å². The van der Waals surface area contributed by atoms with Gasteiger partial charge in [-0.2, -0.15) is 4.31 Å². The van der Waals surface area contributed by atoms with Crippen LogP contribution in [0.15, 0.2) is 29.2 Å². The van der Waals surface area contributed by atoms with Crippen LogP contribution < -0.4 is 0 Å². The topological polar surface area (TPSA) is 66.9 Å². The van der Waals surface area contributed by atoms with Gasteiger partial charge in [0, 0.05) is 24.5 Å². The number of halogens is 1. The molecule has 2 heterocycles. The van der Waals surface area contributed by atoms with Crippen molar-refractivity contribution in [1.29, 1.82) is 0 Å². The monoisotopic (exact) mass is 382 g/mol. The summed E-state index contributed by atoms with van der Waals surface area (Å²) in [5, 5.41) is 0. The average Bonchev–Trinajstić information content (AvgIpc) is 2.67. The van der Waals surface area contributed by atoms with Crippen molar-refractivity contribution in [2.75, 3.05) is 26.3 Å². The van der Waals surface area contributed by atoms with Gasteiger partial charge >= 0.3 is 0 Å². The summed E-state index contributed by atoms with van der Waals surface area (Å²) in [6.07, 6.45) is 2.00. The lowest BCUT2D eigenvalue weighted by Gasteiger charge is -2.60. The van der Waals surface area contributed by atoms with Gasteiger partial charge < -0.3 is 9.64 Å². The Labute approximate surface area is 153 Å². The quantitative estimate of drug-likeness (QED) is 0.797. The average molecular weight is 382 g/mol. The standard InChI is InChI=1S/C18H23FN2O4S/c1-13-10-25-7-6-17(22)21(13)14-8-18(9-14)11-20(12-18)26(23,24)16-5-3-2-4-15(16)19/h2-5,13-14H,6-12H2,1H3/t13-/m1/s1. The first-order valence-electron chi connectivity index (χ1n) is 8.96. The highest BCUT2D eigenvalue weighted by atomic mass is 32.2. The Hall–Kier alpha value is -1.51. The number of nitrogens with zero attached hydrogens (tertiary/aromatic N) is 2. The van der Waals surface area contributed by atoms with E-state index in [2.05, 4.69) is 0 Å². The molecule has 2 saturated heterocycles. The Balaban J connectivity index is 1.40. The van der Waals surface area contributed by atoms with Crippen LogP contribution in [0.25, 0.3) is 0 Å². The molecule has 1 amide bonds. The van der Waals surface area contributed by atoms with Gasteiger partial charge in [-0.3, -0.25) is 4.79 Å². The first-order valence-corrected chi connectivity index (χ1v) is 10.4. The Morgan fingerprint density at radius 1 is 1.23 bits per heavy atom. The van der Waals surface area contributed by atoms with Gasteiger partial charge in [0.25, 0.3) is 0 Å². The van der Waals surface area contributed by atoms with Crippen molar-refractivity contribution >= 4 is 15.9 Å². The summed E-state index contributed by atoms with van der Waals surface area (Å²) in [5.41, 5.74) is -0.0733. The molecule has 0 N–H and O–H groups in total. The second-order valence-electron chi connectivity index (χ2n) is 7.74. The van der Waals surface area contributed by atoms with E-state index in [0.717, 1.165) is 18.9 Å². The van der Waals surface area contributed by atoms with Gasteiger partial charge in [0.2, 0.25) is 15.9 Å². The van der Waals surface area contributed by atoms with Crippen LogP contribution in [0.1, 0.15) is 26.2 Å². The summed E-state index contributed by atoms with van der Waals surface area (Å²) in [4.78, 5) is 14.0.